The summed E-state index contributed by atoms with van der Waals surface area (Å²) in [4.78, 5) is 16.4. The number of anilines is 1. The molecule has 5 heteroatoms. The number of hydrogen-bond donors (Lipinski definition) is 1. The Bertz CT molecular complexity index is 369. The number of rotatable bonds is 4. The monoisotopic (exact) mass is 237 g/mol. The van der Waals surface area contributed by atoms with Crippen LogP contribution in [-0.4, -0.2) is 35.9 Å². The summed E-state index contributed by atoms with van der Waals surface area (Å²) in [6.07, 6.45) is 4.25. The molecule has 92 valence electrons. The van der Waals surface area contributed by atoms with Crippen LogP contribution in [0.3, 0.4) is 0 Å². The van der Waals surface area contributed by atoms with E-state index in [-0.39, 0.29) is 5.82 Å². The Morgan fingerprint density at radius 2 is 2.47 bits per heavy atom. The van der Waals surface area contributed by atoms with E-state index >= 15 is 0 Å². The predicted octanol–water partition coefficient (Wildman–Crippen LogP) is 1.50. The van der Waals surface area contributed by atoms with Gasteiger partial charge in [-0.05, 0) is 30.9 Å². The van der Waals surface area contributed by atoms with E-state index in [1.54, 1.807) is 11.0 Å². The van der Waals surface area contributed by atoms with Gasteiger partial charge in [0.1, 0.15) is 11.6 Å². The van der Waals surface area contributed by atoms with Crippen molar-refractivity contribution in [1.82, 2.24) is 9.88 Å². The van der Waals surface area contributed by atoms with Crippen molar-refractivity contribution in [2.45, 2.75) is 12.8 Å². The van der Waals surface area contributed by atoms with E-state index in [0.717, 1.165) is 38.9 Å². The minimum absolute atomic E-state index is 0.333. The summed E-state index contributed by atoms with van der Waals surface area (Å²) in [5.74, 6) is 0.788. The molecule has 1 atom stereocenters. The van der Waals surface area contributed by atoms with Gasteiger partial charge >= 0.3 is 0 Å². The molecule has 2 rings (SSSR count). The molecule has 1 amide bonds. The minimum Gasteiger partial charge on any atom is -0.370 e. The lowest BCUT2D eigenvalue weighted by Gasteiger charge is -2.30. The summed E-state index contributed by atoms with van der Waals surface area (Å²) in [5, 5.41) is 3.17. The van der Waals surface area contributed by atoms with E-state index in [1.807, 2.05) is 0 Å². The largest absolute Gasteiger partial charge is 0.370 e. The van der Waals surface area contributed by atoms with Gasteiger partial charge in [-0.15, -0.1) is 0 Å². The van der Waals surface area contributed by atoms with Crippen molar-refractivity contribution in [3.63, 3.8) is 0 Å². The lowest BCUT2D eigenvalue weighted by Crippen LogP contribution is -2.37. The molecule has 17 heavy (non-hydrogen) atoms. The lowest BCUT2D eigenvalue weighted by molar-refractivity contribution is -0.119. The van der Waals surface area contributed by atoms with Crippen LogP contribution >= 0.6 is 0 Å². The first-order chi connectivity index (χ1) is 8.28. The molecule has 1 aliphatic rings. The first kappa shape index (κ1) is 11.8. The van der Waals surface area contributed by atoms with Crippen molar-refractivity contribution in [1.29, 1.82) is 0 Å². The molecule has 0 aliphatic carbocycles. The zero-order chi connectivity index (χ0) is 12.1. The third kappa shape index (κ3) is 3.41. The summed E-state index contributed by atoms with van der Waals surface area (Å²) >= 11 is 0. The standard InChI is InChI=1S/C12H16FN3O/c13-11-3-4-12(15-7-11)14-6-10-2-1-5-16(8-10)9-17/h3-4,7,9-10H,1-2,5-6,8H2,(H,14,15)/t10-/m0/s1. The van der Waals surface area contributed by atoms with Crippen molar-refractivity contribution in [2.24, 2.45) is 5.92 Å². The van der Waals surface area contributed by atoms with E-state index in [0.29, 0.717) is 11.7 Å². The van der Waals surface area contributed by atoms with Crippen LogP contribution in [-0.2, 0) is 4.79 Å². The molecule has 1 aliphatic heterocycles. The van der Waals surface area contributed by atoms with Gasteiger partial charge < -0.3 is 10.2 Å². The highest BCUT2D eigenvalue weighted by Crippen LogP contribution is 2.15. The minimum atomic E-state index is -0.333. The fraction of sp³-hybridized carbons (Fsp3) is 0.500. The van der Waals surface area contributed by atoms with Crippen molar-refractivity contribution in [3.8, 4) is 0 Å². The number of amides is 1. The second-order valence-electron chi connectivity index (χ2n) is 4.35. The zero-order valence-electron chi connectivity index (χ0n) is 9.60. The second kappa shape index (κ2) is 5.61. The molecule has 1 saturated heterocycles. The Balaban J connectivity index is 1.81. The van der Waals surface area contributed by atoms with E-state index in [4.69, 9.17) is 0 Å². The van der Waals surface area contributed by atoms with E-state index in [9.17, 15) is 9.18 Å². The van der Waals surface area contributed by atoms with Crippen molar-refractivity contribution >= 4 is 12.2 Å². The molecule has 1 fully saturated rings. The van der Waals surface area contributed by atoms with Gasteiger partial charge in [0.05, 0.1) is 6.20 Å². The lowest BCUT2D eigenvalue weighted by atomic mass is 9.98. The third-order valence-electron chi connectivity index (χ3n) is 3.00. The van der Waals surface area contributed by atoms with Gasteiger partial charge in [0, 0.05) is 19.6 Å². The zero-order valence-corrected chi connectivity index (χ0v) is 9.60. The Kier molecular flexibility index (Phi) is 3.90. The van der Waals surface area contributed by atoms with E-state index < -0.39 is 0 Å². The average Bonchev–Trinajstić information content (AvgIpc) is 2.38. The number of nitrogens with one attached hydrogen (secondary N) is 1. The Morgan fingerprint density at radius 1 is 1.59 bits per heavy atom. The maximum absolute atomic E-state index is 12.6. The fourth-order valence-corrected chi connectivity index (χ4v) is 2.09. The van der Waals surface area contributed by atoms with Gasteiger partial charge in [0.15, 0.2) is 0 Å². The molecule has 0 radical (unpaired) electrons. The average molecular weight is 237 g/mol. The summed E-state index contributed by atoms with van der Waals surface area (Å²) in [5.41, 5.74) is 0. The number of carbonyl (C=O) groups excluding carboxylic acids is 1. The van der Waals surface area contributed by atoms with Crippen LogP contribution in [0, 0.1) is 11.7 Å². The first-order valence-corrected chi connectivity index (χ1v) is 5.82. The predicted molar refractivity (Wildman–Crippen MR) is 63.0 cm³/mol. The summed E-state index contributed by atoms with van der Waals surface area (Å²) in [6.45, 7) is 2.41. The van der Waals surface area contributed by atoms with Crippen LogP contribution in [0.25, 0.3) is 0 Å². The summed E-state index contributed by atoms with van der Waals surface area (Å²) < 4.78 is 12.6. The molecule has 1 aromatic heterocycles. The number of carbonyl (C=O) groups is 1. The van der Waals surface area contributed by atoms with Gasteiger partial charge in [0.25, 0.3) is 0 Å². The maximum Gasteiger partial charge on any atom is 0.209 e. The topological polar surface area (TPSA) is 45.2 Å². The molecule has 0 aromatic carbocycles. The number of piperidine rings is 1. The highest BCUT2D eigenvalue weighted by Gasteiger charge is 2.18. The molecule has 0 bridgehead atoms. The van der Waals surface area contributed by atoms with Gasteiger partial charge in [-0.25, -0.2) is 9.37 Å². The van der Waals surface area contributed by atoms with Gasteiger partial charge in [0.2, 0.25) is 6.41 Å². The third-order valence-corrected chi connectivity index (χ3v) is 3.00. The molecule has 0 spiro atoms. The van der Waals surface area contributed by atoms with Crippen LogP contribution < -0.4 is 5.32 Å². The molecule has 1 N–H and O–H groups in total. The molecule has 0 unspecified atom stereocenters. The quantitative estimate of drug-likeness (QED) is 0.807. The highest BCUT2D eigenvalue weighted by atomic mass is 19.1. The highest BCUT2D eigenvalue weighted by molar-refractivity contribution is 5.47. The molecular weight excluding hydrogens is 221 g/mol. The van der Waals surface area contributed by atoms with Crippen LogP contribution in [0.2, 0.25) is 0 Å². The number of hydrogen-bond acceptors (Lipinski definition) is 3. The second-order valence-corrected chi connectivity index (χ2v) is 4.35. The molecule has 4 nitrogen and oxygen atoms in total. The Morgan fingerprint density at radius 3 is 3.18 bits per heavy atom. The van der Waals surface area contributed by atoms with E-state index in [2.05, 4.69) is 10.3 Å². The number of pyridine rings is 1. The Hall–Kier alpha value is -1.65. The molecule has 0 saturated carbocycles. The van der Waals surface area contributed by atoms with Crippen LogP contribution in [0.15, 0.2) is 18.3 Å². The van der Waals surface area contributed by atoms with Crippen LogP contribution in [0.5, 0.6) is 0 Å². The Labute approximate surface area is 99.8 Å². The number of halogens is 1. The number of nitrogens with zero attached hydrogens (tertiary/aromatic N) is 2. The van der Waals surface area contributed by atoms with Crippen LogP contribution in [0.4, 0.5) is 10.2 Å². The number of likely N-dealkylation sites (tertiary alicyclic amines) is 1. The van der Waals surface area contributed by atoms with Crippen molar-refractivity contribution < 1.29 is 9.18 Å². The first-order valence-electron chi connectivity index (χ1n) is 5.82. The van der Waals surface area contributed by atoms with Gasteiger partial charge in [-0.2, -0.15) is 0 Å². The summed E-state index contributed by atoms with van der Waals surface area (Å²) in [6, 6.07) is 3.00. The fourth-order valence-electron chi connectivity index (χ4n) is 2.09. The van der Waals surface area contributed by atoms with Crippen molar-refractivity contribution in [3.05, 3.63) is 24.1 Å². The van der Waals surface area contributed by atoms with E-state index in [1.165, 1.54) is 12.3 Å². The molecule has 1 aromatic rings. The summed E-state index contributed by atoms with van der Waals surface area (Å²) in [7, 11) is 0. The molecule has 2 heterocycles. The van der Waals surface area contributed by atoms with Gasteiger partial charge in [-0.1, -0.05) is 0 Å². The SMILES string of the molecule is O=CN1CCC[C@@H](CNc2ccc(F)cn2)C1. The van der Waals surface area contributed by atoms with Gasteiger partial charge in [-0.3, -0.25) is 4.79 Å². The normalized spacial score (nSPS) is 20.1. The maximum atomic E-state index is 12.6. The smallest absolute Gasteiger partial charge is 0.209 e. The van der Waals surface area contributed by atoms with Crippen molar-refractivity contribution in [2.75, 3.05) is 25.0 Å². The number of aromatic nitrogens is 1. The molecular formula is C12H16FN3O. The van der Waals surface area contributed by atoms with Crippen LogP contribution in [0.1, 0.15) is 12.8 Å².